The summed E-state index contributed by atoms with van der Waals surface area (Å²) in [5, 5.41) is 8.78. The van der Waals surface area contributed by atoms with Gasteiger partial charge in [0.25, 0.3) is 0 Å². The zero-order valence-electron chi connectivity index (χ0n) is 11.1. The maximum atomic E-state index is 13.2. The van der Waals surface area contributed by atoms with Gasteiger partial charge in [0.15, 0.2) is 11.6 Å². The van der Waals surface area contributed by atoms with Crippen LogP contribution in [0.5, 0.6) is 5.75 Å². The Labute approximate surface area is 114 Å². The van der Waals surface area contributed by atoms with Crippen LogP contribution in [0.2, 0.25) is 0 Å². The van der Waals surface area contributed by atoms with Crippen LogP contribution in [-0.4, -0.2) is 18.8 Å². The smallest absolute Gasteiger partial charge is 0.430 e. The molecule has 0 bridgehead atoms. The van der Waals surface area contributed by atoms with Crippen molar-refractivity contribution in [1.29, 1.82) is 0 Å². The molecule has 3 nitrogen and oxygen atoms in total. The van der Waals surface area contributed by atoms with Crippen LogP contribution < -0.4 is 9.84 Å². The number of unbranched alkanes of at least 4 members (excludes halogenated alkanes) is 1. The maximum Gasteiger partial charge on any atom is 0.430 e. The third-order valence-corrected chi connectivity index (χ3v) is 2.07. The molecule has 0 heterocycles. The highest BCUT2D eigenvalue weighted by molar-refractivity contribution is 5.70. The number of carboxylic acids is 1. The first-order valence-electron chi connectivity index (χ1n) is 5.85. The van der Waals surface area contributed by atoms with E-state index in [2.05, 4.69) is 6.92 Å². The van der Waals surface area contributed by atoms with Gasteiger partial charge in [0, 0.05) is 0 Å². The molecule has 0 atom stereocenters. The standard InChI is InChI=1S/C11H15FO.C2HF3O2/c1-3-4-7-13-11-6-5-9(2)8-10(11)12;3-2(4,5)1(6)7/h5-6,8H,3-4,7H2,1-2H3;(H,6,7)/p-1. The molecule has 0 radical (unpaired) electrons. The number of alkyl halides is 3. The number of aliphatic carboxylic acids is 1. The lowest BCUT2D eigenvalue weighted by Crippen LogP contribution is -2.37. The van der Waals surface area contributed by atoms with Gasteiger partial charge in [-0.05, 0) is 31.0 Å². The first kappa shape index (κ1) is 18.2. The Morgan fingerprint density at radius 3 is 2.30 bits per heavy atom. The largest absolute Gasteiger partial charge is 0.542 e. The number of hydrogen-bond donors (Lipinski definition) is 0. The van der Waals surface area contributed by atoms with Crippen LogP contribution in [-0.2, 0) is 4.79 Å². The lowest BCUT2D eigenvalue weighted by Gasteiger charge is -2.06. The number of rotatable bonds is 4. The molecule has 7 heteroatoms. The predicted molar refractivity (Wildman–Crippen MR) is 62.6 cm³/mol. The molecule has 0 spiro atoms. The fourth-order valence-electron chi connectivity index (χ4n) is 1.05. The summed E-state index contributed by atoms with van der Waals surface area (Å²) in [5.41, 5.74) is 0.917. The van der Waals surface area contributed by atoms with Gasteiger partial charge in [0.1, 0.15) is 5.97 Å². The van der Waals surface area contributed by atoms with E-state index in [1.54, 1.807) is 6.07 Å². The first-order chi connectivity index (χ1) is 9.18. The molecule has 0 N–H and O–H groups in total. The molecule has 20 heavy (non-hydrogen) atoms. The van der Waals surface area contributed by atoms with E-state index < -0.39 is 12.1 Å². The SMILES string of the molecule is CCCCOc1ccc(C)cc1F.O=C([O-])C(F)(F)F. The number of hydrogen-bond acceptors (Lipinski definition) is 3. The van der Waals surface area contributed by atoms with E-state index in [1.165, 1.54) is 6.07 Å². The van der Waals surface area contributed by atoms with Crippen LogP contribution in [0.15, 0.2) is 18.2 Å². The molecule has 1 aromatic rings. The molecule has 0 saturated heterocycles. The predicted octanol–water partition coefficient (Wildman–Crippen LogP) is 2.61. The molecule has 0 aliphatic heterocycles. The molecule has 0 aliphatic carbocycles. The molecular formula is C13H15F4O3-. The Morgan fingerprint density at radius 2 is 1.90 bits per heavy atom. The number of halogens is 4. The van der Waals surface area contributed by atoms with Gasteiger partial charge in [0.2, 0.25) is 0 Å². The summed E-state index contributed by atoms with van der Waals surface area (Å²) in [6.45, 7) is 4.53. The minimum absolute atomic E-state index is 0.267. The topological polar surface area (TPSA) is 49.4 Å². The van der Waals surface area contributed by atoms with E-state index in [0.717, 1.165) is 18.4 Å². The Morgan fingerprint density at radius 1 is 1.35 bits per heavy atom. The molecule has 0 aliphatic rings. The second-order valence-electron chi connectivity index (χ2n) is 3.92. The minimum Gasteiger partial charge on any atom is -0.542 e. The van der Waals surface area contributed by atoms with Crippen molar-refractivity contribution in [3.63, 3.8) is 0 Å². The lowest BCUT2D eigenvalue weighted by molar-refractivity contribution is -0.344. The third-order valence-electron chi connectivity index (χ3n) is 2.07. The molecule has 1 rings (SSSR count). The van der Waals surface area contributed by atoms with Gasteiger partial charge in [-0.2, -0.15) is 13.2 Å². The number of ether oxygens (including phenoxy) is 1. The highest BCUT2D eigenvalue weighted by atomic mass is 19.4. The Bertz CT molecular complexity index is 430. The maximum absolute atomic E-state index is 13.2. The average molecular weight is 295 g/mol. The van der Waals surface area contributed by atoms with Gasteiger partial charge < -0.3 is 14.6 Å². The number of aryl methyl sites for hydroxylation is 1. The van der Waals surface area contributed by atoms with E-state index in [0.29, 0.717) is 12.4 Å². The van der Waals surface area contributed by atoms with Crippen molar-refractivity contribution >= 4 is 5.97 Å². The molecular weight excluding hydrogens is 280 g/mol. The zero-order chi connectivity index (χ0) is 15.8. The van der Waals surface area contributed by atoms with Crippen molar-refractivity contribution in [2.45, 2.75) is 32.9 Å². The summed E-state index contributed by atoms with van der Waals surface area (Å²) in [7, 11) is 0. The summed E-state index contributed by atoms with van der Waals surface area (Å²) in [5.74, 6) is -2.91. The first-order valence-corrected chi connectivity index (χ1v) is 5.85. The quantitative estimate of drug-likeness (QED) is 0.633. The van der Waals surface area contributed by atoms with E-state index in [1.807, 2.05) is 13.0 Å². The molecule has 0 fully saturated rings. The molecule has 114 valence electrons. The Hall–Kier alpha value is -1.79. The normalized spacial score (nSPS) is 10.5. The third kappa shape index (κ3) is 7.60. The van der Waals surface area contributed by atoms with Crippen molar-refractivity contribution in [3.8, 4) is 5.75 Å². The zero-order valence-corrected chi connectivity index (χ0v) is 11.1. The summed E-state index contributed by atoms with van der Waals surface area (Å²) < 4.78 is 50.0. The number of carboxylic acid groups (broad SMARTS) is 1. The lowest BCUT2D eigenvalue weighted by atomic mass is 10.2. The Kier molecular flexibility index (Phi) is 7.64. The molecule has 0 saturated carbocycles. The van der Waals surface area contributed by atoms with Crippen LogP contribution in [0.4, 0.5) is 17.6 Å². The van der Waals surface area contributed by atoms with Crippen LogP contribution in [0, 0.1) is 12.7 Å². The van der Waals surface area contributed by atoms with Gasteiger partial charge in [-0.15, -0.1) is 0 Å². The van der Waals surface area contributed by atoms with Crippen LogP contribution in [0.1, 0.15) is 25.3 Å². The summed E-state index contributed by atoms with van der Waals surface area (Å²) >= 11 is 0. The molecule has 0 amide bonds. The fraction of sp³-hybridized carbons (Fsp3) is 0.462. The van der Waals surface area contributed by atoms with Crippen molar-refractivity contribution in [2.24, 2.45) is 0 Å². The summed E-state index contributed by atoms with van der Waals surface area (Å²) in [6.07, 6.45) is -3.17. The van der Waals surface area contributed by atoms with Crippen LogP contribution >= 0.6 is 0 Å². The highest BCUT2D eigenvalue weighted by Crippen LogP contribution is 2.17. The van der Waals surface area contributed by atoms with Gasteiger partial charge >= 0.3 is 6.18 Å². The second-order valence-corrected chi connectivity index (χ2v) is 3.92. The number of benzene rings is 1. The van der Waals surface area contributed by atoms with E-state index in [4.69, 9.17) is 14.6 Å². The fourth-order valence-corrected chi connectivity index (χ4v) is 1.05. The number of carbonyl (C=O) groups is 1. The molecule has 0 aromatic heterocycles. The second kappa shape index (κ2) is 8.39. The summed E-state index contributed by atoms with van der Waals surface area (Å²) in [6, 6.07) is 5.02. The minimum atomic E-state index is -5.19. The number of carbonyl (C=O) groups excluding carboxylic acids is 1. The van der Waals surface area contributed by atoms with Crippen molar-refractivity contribution in [2.75, 3.05) is 6.61 Å². The van der Waals surface area contributed by atoms with Crippen LogP contribution in [0.3, 0.4) is 0 Å². The highest BCUT2D eigenvalue weighted by Gasteiger charge is 2.28. The Balaban J connectivity index is 0.000000441. The average Bonchev–Trinajstić information content (AvgIpc) is 2.32. The monoisotopic (exact) mass is 295 g/mol. The van der Waals surface area contributed by atoms with Gasteiger partial charge in [0.05, 0.1) is 6.61 Å². The van der Waals surface area contributed by atoms with E-state index in [-0.39, 0.29) is 5.82 Å². The van der Waals surface area contributed by atoms with Gasteiger partial charge in [-0.3, -0.25) is 0 Å². The van der Waals surface area contributed by atoms with Crippen molar-refractivity contribution in [3.05, 3.63) is 29.6 Å². The van der Waals surface area contributed by atoms with Crippen LogP contribution in [0.25, 0.3) is 0 Å². The van der Waals surface area contributed by atoms with E-state index >= 15 is 0 Å². The molecule has 0 unspecified atom stereocenters. The van der Waals surface area contributed by atoms with Gasteiger partial charge in [-0.25, -0.2) is 4.39 Å². The van der Waals surface area contributed by atoms with E-state index in [9.17, 15) is 17.6 Å². The van der Waals surface area contributed by atoms with Gasteiger partial charge in [-0.1, -0.05) is 19.4 Å². The van der Waals surface area contributed by atoms with Crippen molar-refractivity contribution < 1.29 is 32.2 Å². The summed E-state index contributed by atoms with van der Waals surface area (Å²) in [4.78, 5) is 8.78. The van der Waals surface area contributed by atoms with Crippen molar-refractivity contribution in [1.82, 2.24) is 0 Å². The molecule has 1 aromatic carbocycles.